The molecule has 1 N–H and O–H groups in total. The molecule has 19 heavy (non-hydrogen) atoms. The number of imidazole rings is 1. The van der Waals surface area contributed by atoms with Gasteiger partial charge in [-0.2, -0.15) is 0 Å². The molecule has 0 saturated carbocycles. The summed E-state index contributed by atoms with van der Waals surface area (Å²) in [6, 6.07) is 10.8. The summed E-state index contributed by atoms with van der Waals surface area (Å²) in [5.41, 5.74) is 3.40. The third-order valence-electron chi connectivity index (χ3n) is 3.08. The fraction of sp³-hybridized carbons (Fsp3) is 0.0714. The van der Waals surface area contributed by atoms with Crippen LogP contribution in [0.4, 0.5) is 4.39 Å². The Morgan fingerprint density at radius 3 is 2.74 bits per heavy atom. The number of para-hydroxylation sites is 1. The molecular formula is C14H10ClFN2S. The van der Waals surface area contributed by atoms with Gasteiger partial charge in [0, 0.05) is 6.07 Å². The van der Waals surface area contributed by atoms with Gasteiger partial charge in [-0.3, -0.25) is 4.57 Å². The number of H-pyrrole nitrogens is 1. The van der Waals surface area contributed by atoms with Gasteiger partial charge in [-0.25, -0.2) is 4.39 Å². The maximum atomic E-state index is 13.7. The van der Waals surface area contributed by atoms with Gasteiger partial charge < -0.3 is 4.98 Å². The molecule has 0 amide bonds. The summed E-state index contributed by atoms with van der Waals surface area (Å²) in [6.45, 7) is 1.99. The van der Waals surface area contributed by atoms with Crippen LogP contribution in [0.3, 0.4) is 0 Å². The minimum absolute atomic E-state index is 0.0840. The lowest BCUT2D eigenvalue weighted by atomic mass is 10.2. The minimum Gasteiger partial charge on any atom is -0.330 e. The zero-order chi connectivity index (χ0) is 13.6. The van der Waals surface area contributed by atoms with Gasteiger partial charge in [-0.1, -0.05) is 29.8 Å². The van der Waals surface area contributed by atoms with E-state index in [1.54, 1.807) is 6.07 Å². The van der Waals surface area contributed by atoms with Gasteiger partial charge in [0.15, 0.2) is 4.77 Å². The van der Waals surface area contributed by atoms with Gasteiger partial charge >= 0.3 is 0 Å². The first kappa shape index (κ1) is 12.4. The Balaban J connectivity index is 2.42. The number of aromatic amines is 1. The van der Waals surface area contributed by atoms with Gasteiger partial charge in [0.2, 0.25) is 0 Å². The second-order valence-electron chi connectivity index (χ2n) is 4.34. The topological polar surface area (TPSA) is 20.7 Å². The number of hydrogen-bond donors (Lipinski definition) is 1. The number of fused-ring (bicyclic) bond motifs is 1. The van der Waals surface area contributed by atoms with Crippen LogP contribution in [0.2, 0.25) is 5.02 Å². The van der Waals surface area contributed by atoms with E-state index in [2.05, 4.69) is 4.98 Å². The standard InChI is InChI=1S/C14H10ClFN2S/c1-8-4-2-3-5-12(8)18-13-7-10(16)9(15)6-11(13)17-14(18)19/h2-7H,1H3,(H,17,19). The summed E-state index contributed by atoms with van der Waals surface area (Å²) in [5, 5.41) is 0.0840. The van der Waals surface area contributed by atoms with Crippen molar-refractivity contribution in [1.82, 2.24) is 9.55 Å². The Morgan fingerprint density at radius 1 is 1.26 bits per heavy atom. The van der Waals surface area contributed by atoms with Crippen LogP contribution in [0.5, 0.6) is 0 Å². The monoisotopic (exact) mass is 292 g/mol. The van der Waals surface area contributed by atoms with Gasteiger partial charge in [0.1, 0.15) is 5.82 Å². The summed E-state index contributed by atoms with van der Waals surface area (Å²) in [5.74, 6) is -0.453. The van der Waals surface area contributed by atoms with Crippen molar-refractivity contribution >= 4 is 34.9 Å². The lowest BCUT2D eigenvalue weighted by Gasteiger charge is -2.08. The Bertz CT molecular complexity index is 835. The van der Waals surface area contributed by atoms with Crippen LogP contribution in [-0.4, -0.2) is 9.55 Å². The molecule has 0 aliphatic rings. The second-order valence-corrected chi connectivity index (χ2v) is 5.13. The van der Waals surface area contributed by atoms with Crippen LogP contribution >= 0.6 is 23.8 Å². The van der Waals surface area contributed by atoms with Crippen molar-refractivity contribution in [2.75, 3.05) is 0 Å². The smallest absolute Gasteiger partial charge is 0.182 e. The summed E-state index contributed by atoms with van der Waals surface area (Å²) >= 11 is 11.1. The minimum atomic E-state index is -0.453. The van der Waals surface area contributed by atoms with Gasteiger partial charge in [-0.05, 0) is 36.8 Å². The summed E-state index contributed by atoms with van der Waals surface area (Å²) in [4.78, 5) is 3.05. The Hall–Kier alpha value is -1.65. The van der Waals surface area contributed by atoms with Crippen LogP contribution in [0, 0.1) is 17.5 Å². The highest BCUT2D eigenvalue weighted by molar-refractivity contribution is 7.71. The number of benzene rings is 2. The number of aromatic nitrogens is 2. The SMILES string of the molecule is Cc1ccccc1-n1c(=S)[nH]c2cc(Cl)c(F)cc21. The largest absolute Gasteiger partial charge is 0.330 e. The van der Waals surface area contributed by atoms with Gasteiger partial charge in [0.05, 0.1) is 21.7 Å². The molecule has 96 valence electrons. The van der Waals surface area contributed by atoms with E-state index in [1.165, 1.54) is 6.07 Å². The zero-order valence-corrected chi connectivity index (χ0v) is 11.6. The van der Waals surface area contributed by atoms with Crippen LogP contribution in [0.25, 0.3) is 16.7 Å². The van der Waals surface area contributed by atoms with Crippen LogP contribution in [0.1, 0.15) is 5.56 Å². The van der Waals surface area contributed by atoms with E-state index in [1.807, 2.05) is 35.8 Å². The molecule has 0 aliphatic carbocycles. The molecular weight excluding hydrogens is 283 g/mol. The van der Waals surface area contributed by atoms with E-state index in [-0.39, 0.29) is 5.02 Å². The first-order valence-corrected chi connectivity index (χ1v) is 6.52. The summed E-state index contributed by atoms with van der Waals surface area (Å²) in [7, 11) is 0. The predicted octanol–water partition coefficient (Wildman–Crippen LogP) is 4.79. The Kier molecular flexibility index (Phi) is 2.92. The number of halogens is 2. The molecule has 0 aliphatic heterocycles. The molecule has 0 unspecified atom stereocenters. The average molecular weight is 293 g/mol. The van der Waals surface area contributed by atoms with Crippen molar-refractivity contribution < 1.29 is 4.39 Å². The van der Waals surface area contributed by atoms with E-state index in [0.717, 1.165) is 16.8 Å². The maximum Gasteiger partial charge on any atom is 0.182 e. The van der Waals surface area contributed by atoms with E-state index < -0.39 is 5.82 Å². The van der Waals surface area contributed by atoms with Gasteiger partial charge in [-0.15, -0.1) is 0 Å². The Morgan fingerprint density at radius 2 is 2.00 bits per heavy atom. The normalized spacial score (nSPS) is 11.1. The molecule has 2 nitrogen and oxygen atoms in total. The fourth-order valence-electron chi connectivity index (χ4n) is 2.16. The molecule has 1 aromatic heterocycles. The molecule has 0 atom stereocenters. The van der Waals surface area contributed by atoms with Crippen LogP contribution in [-0.2, 0) is 0 Å². The Labute approximate surface area is 119 Å². The van der Waals surface area contributed by atoms with Crippen LogP contribution in [0.15, 0.2) is 36.4 Å². The lowest BCUT2D eigenvalue weighted by molar-refractivity contribution is 0.629. The van der Waals surface area contributed by atoms with Crippen molar-refractivity contribution in [3.63, 3.8) is 0 Å². The molecule has 0 bridgehead atoms. The van der Waals surface area contributed by atoms with Crippen molar-refractivity contribution in [3.05, 3.63) is 57.6 Å². The molecule has 0 radical (unpaired) electrons. The number of rotatable bonds is 1. The quantitative estimate of drug-likeness (QED) is 0.640. The van der Waals surface area contributed by atoms with Crippen LogP contribution < -0.4 is 0 Å². The molecule has 5 heteroatoms. The number of nitrogens with zero attached hydrogens (tertiary/aromatic N) is 1. The first-order valence-electron chi connectivity index (χ1n) is 5.73. The van der Waals surface area contributed by atoms with Crippen molar-refractivity contribution in [1.29, 1.82) is 0 Å². The van der Waals surface area contributed by atoms with E-state index in [4.69, 9.17) is 23.8 Å². The van der Waals surface area contributed by atoms with E-state index in [0.29, 0.717) is 10.3 Å². The molecule has 3 rings (SSSR count). The highest BCUT2D eigenvalue weighted by Crippen LogP contribution is 2.26. The maximum absolute atomic E-state index is 13.7. The number of aryl methyl sites for hydroxylation is 1. The van der Waals surface area contributed by atoms with E-state index >= 15 is 0 Å². The van der Waals surface area contributed by atoms with E-state index in [9.17, 15) is 4.39 Å². The molecule has 1 heterocycles. The summed E-state index contributed by atoms with van der Waals surface area (Å²) in [6.07, 6.45) is 0. The van der Waals surface area contributed by atoms with Crippen molar-refractivity contribution in [2.45, 2.75) is 6.92 Å². The second kappa shape index (κ2) is 4.47. The third-order valence-corrected chi connectivity index (χ3v) is 3.65. The first-order chi connectivity index (χ1) is 9.08. The molecule has 0 saturated heterocycles. The third kappa shape index (κ3) is 1.97. The highest BCUT2D eigenvalue weighted by Gasteiger charge is 2.11. The highest BCUT2D eigenvalue weighted by atomic mass is 35.5. The predicted molar refractivity (Wildman–Crippen MR) is 78.2 cm³/mol. The summed E-state index contributed by atoms with van der Waals surface area (Å²) < 4.78 is 16.0. The lowest BCUT2D eigenvalue weighted by Crippen LogP contribution is -1.96. The van der Waals surface area contributed by atoms with Crippen molar-refractivity contribution in [3.8, 4) is 5.69 Å². The van der Waals surface area contributed by atoms with Crippen molar-refractivity contribution in [2.24, 2.45) is 0 Å². The van der Waals surface area contributed by atoms with Gasteiger partial charge in [0.25, 0.3) is 0 Å². The molecule has 2 aromatic carbocycles. The fourth-order valence-corrected chi connectivity index (χ4v) is 2.63. The number of nitrogens with one attached hydrogen (secondary N) is 1. The number of hydrogen-bond acceptors (Lipinski definition) is 1. The molecule has 0 spiro atoms. The molecule has 3 aromatic rings. The molecule has 0 fully saturated rings. The average Bonchev–Trinajstić information content (AvgIpc) is 2.66. The zero-order valence-electron chi connectivity index (χ0n) is 10.1.